The summed E-state index contributed by atoms with van der Waals surface area (Å²) in [6.45, 7) is 5.92. The third-order valence-electron chi connectivity index (χ3n) is 7.05. The molecule has 4 heterocycles. The van der Waals surface area contributed by atoms with Crippen LogP contribution in [0.3, 0.4) is 0 Å². The van der Waals surface area contributed by atoms with E-state index in [2.05, 4.69) is 37.9 Å². The van der Waals surface area contributed by atoms with Crippen LogP contribution < -0.4 is 10.6 Å². The number of amides is 2. The molecule has 184 valence electrons. The van der Waals surface area contributed by atoms with Gasteiger partial charge in [0.2, 0.25) is 5.91 Å². The average Bonchev–Trinajstić information content (AvgIpc) is 3.31. The molecule has 0 spiro atoms. The van der Waals surface area contributed by atoms with Crippen molar-refractivity contribution in [3.8, 4) is 0 Å². The summed E-state index contributed by atoms with van der Waals surface area (Å²) < 4.78 is 0. The average molecular weight is 476 g/mol. The van der Waals surface area contributed by atoms with Gasteiger partial charge in [-0.1, -0.05) is 12.1 Å². The molecule has 2 fully saturated rings. The Balaban J connectivity index is 1.26. The number of carbonyl (C=O) groups excluding carboxylic acids is 2. The van der Waals surface area contributed by atoms with Crippen LogP contribution in [0.25, 0.3) is 11.0 Å². The first-order valence-electron chi connectivity index (χ1n) is 12.5. The number of nitrogens with one attached hydrogen (secondary N) is 3. The standard InChI is InChI=1S/C26H33N7O2/c1-18(34)32-12-14-33(15-13-32)26(35)21-5-2-4-19(16-21)7-8-20-9-11-28-24-23(20)25(31-30-24)29-22-6-3-10-27-17-22/h2,4-5,9,11,16,22,27H,3,6-8,10,12-15,17H2,1H3,(H2,28,29,30,31)/t22-/m1/s1. The highest BCUT2D eigenvalue weighted by Gasteiger charge is 2.23. The molecule has 1 aromatic carbocycles. The Hall–Kier alpha value is -3.46. The van der Waals surface area contributed by atoms with E-state index >= 15 is 0 Å². The van der Waals surface area contributed by atoms with Crippen molar-refractivity contribution in [2.24, 2.45) is 0 Å². The lowest BCUT2D eigenvalue weighted by molar-refractivity contribution is -0.130. The molecule has 0 unspecified atom stereocenters. The number of aromatic nitrogens is 3. The lowest BCUT2D eigenvalue weighted by Crippen LogP contribution is -2.50. The van der Waals surface area contributed by atoms with E-state index in [-0.39, 0.29) is 11.8 Å². The number of carbonyl (C=O) groups is 2. The van der Waals surface area contributed by atoms with E-state index in [0.29, 0.717) is 37.8 Å². The quantitative estimate of drug-likeness (QED) is 0.505. The molecule has 0 bridgehead atoms. The Morgan fingerprint density at radius 2 is 1.94 bits per heavy atom. The topological polar surface area (TPSA) is 106 Å². The maximum absolute atomic E-state index is 13.1. The lowest BCUT2D eigenvalue weighted by atomic mass is 10.0. The second kappa shape index (κ2) is 10.4. The summed E-state index contributed by atoms with van der Waals surface area (Å²) >= 11 is 0. The van der Waals surface area contributed by atoms with Crippen molar-refractivity contribution >= 4 is 28.7 Å². The maximum atomic E-state index is 13.1. The van der Waals surface area contributed by atoms with Gasteiger partial charge in [-0.25, -0.2) is 4.98 Å². The van der Waals surface area contributed by atoms with Crippen LogP contribution in [0.15, 0.2) is 36.5 Å². The summed E-state index contributed by atoms with van der Waals surface area (Å²) in [5.74, 6) is 0.963. The fourth-order valence-electron chi connectivity index (χ4n) is 5.04. The minimum Gasteiger partial charge on any atom is -0.364 e. The molecule has 1 atom stereocenters. The number of piperidine rings is 1. The smallest absolute Gasteiger partial charge is 0.253 e. The Morgan fingerprint density at radius 3 is 2.71 bits per heavy atom. The van der Waals surface area contributed by atoms with Crippen molar-refractivity contribution in [1.82, 2.24) is 30.3 Å². The highest BCUT2D eigenvalue weighted by Crippen LogP contribution is 2.26. The van der Waals surface area contributed by atoms with Gasteiger partial charge in [-0.3, -0.25) is 14.7 Å². The Kier molecular flexibility index (Phi) is 6.94. The van der Waals surface area contributed by atoms with Crippen LogP contribution in [0.5, 0.6) is 0 Å². The van der Waals surface area contributed by atoms with Crippen molar-refractivity contribution in [1.29, 1.82) is 0 Å². The first kappa shape index (κ1) is 23.3. The SMILES string of the molecule is CC(=O)N1CCN(C(=O)c2cccc(CCc3ccnc4[nH]nc(N[C@@H]5CCCNC5)c34)c2)CC1. The van der Waals surface area contributed by atoms with Gasteiger partial charge >= 0.3 is 0 Å². The molecule has 9 nitrogen and oxygen atoms in total. The van der Waals surface area contributed by atoms with Gasteiger partial charge in [0, 0.05) is 57.4 Å². The summed E-state index contributed by atoms with van der Waals surface area (Å²) in [6, 6.07) is 10.3. The fraction of sp³-hybridized carbons (Fsp3) is 0.462. The number of anilines is 1. The third kappa shape index (κ3) is 5.30. The second-order valence-electron chi connectivity index (χ2n) is 9.45. The van der Waals surface area contributed by atoms with Gasteiger partial charge < -0.3 is 20.4 Å². The molecule has 5 rings (SSSR count). The predicted molar refractivity (Wildman–Crippen MR) is 135 cm³/mol. The summed E-state index contributed by atoms with van der Waals surface area (Å²) in [5.41, 5.74) is 3.81. The van der Waals surface area contributed by atoms with Crippen molar-refractivity contribution in [3.63, 3.8) is 0 Å². The molecule has 0 saturated carbocycles. The Bertz CT molecular complexity index is 1190. The molecule has 2 amide bonds. The largest absolute Gasteiger partial charge is 0.364 e. The number of rotatable bonds is 6. The van der Waals surface area contributed by atoms with E-state index in [1.54, 1.807) is 11.8 Å². The lowest BCUT2D eigenvalue weighted by Gasteiger charge is -2.34. The number of fused-ring (bicyclic) bond motifs is 1. The van der Waals surface area contributed by atoms with Crippen LogP contribution in [-0.4, -0.2) is 82.1 Å². The summed E-state index contributed by atoms with van der Waals surface area (Å²) in [5, 5.41) is 15.7. The normalized spacial score (nSPS) is 18.6. The summed E-state index contributed by atoms with van der Waals surface area (Å²) in [6.07, 6.45) is 5.75. The van der Waals surface area contributed by atoms with E-state index in [1.165, 1.54) is 5.56 Å². The molecule has 2 saturated heterocycles. The van der Waals surface area contributed by atoms with Gasteiger partial charge in [0.15, 0.2) is 11.5 Å². The van der Waals surface area contributed by atoms with E-state index in [1.807, 2.05) is 29.3 Å². The predicted octanol–water partition coefficient (Wildman–Crippen LogP) is 2.21. The van der Waals surface area contributed by atoms with E-state index in [9.17, 15) is 9.59 Å². The number of hydrogen-bond acceptors (Lipinski definition) is 6. The fourth-order valence-corrected chi connectivity index (χ4v) is 5.04. The zero-order valence-electron chi connectivity index (χ0n) is 20.2. The van der Waals surface area contributed by atoms with Gasteiger partial charge in [0.25, 0.3) is 5.91 Å². The van der Waals surface area contributed by atoms with E-state index < -0.39 is 0 Å². The highest BCUT2D eigenvalue weighted by molar-refractivity contribution is 5.94. The number of aromatic amines is 1. The highest BCUT2D eigenvalue weighted by atomic mass is 16.2. The molecule has 3 N–H and O–H groups in total. The summed E-state index contributed by atoms with van der Waals surface area (Å²) in [4.78, 5) is 32.7. The maximum Gasteiger partial charge on any atom is 0.253 e. The van der Waals surface area contributed by atoms with E-state index in [0.717, 1.165) is 61.2 Å². The van der Waals surface area contributed by atoms with Gasteiger partial charge in [-0.2, -0.15) is 5.10 Å². The van der Waals surface area contributed by atoms with Crippen LogP contribution >= 0.6 is 0 Å². The number of hydrogen-bond donors (Lipinski definition) is 3. The number of pyridine rings is 1. The van der Waals surface area contributed by atoms with Crippen LogP contribution in [-0.2, 0) is 17.6 Å². The van der Waals surface area contributed by atoms with Gasteiger partial charge in [-0.15, -0.1) is 0 Å². The van der Waals surface area contributed by atoms with E-state index in [4.69, 9.17) is 0 Å². The number of piperazine rings is 1. The van der Waals surface area contributed by atoms with Gasteiger partial charge in [0.05, 0.1) is 5.39 Å². The summed E-state index contributed by atoms with van der Waals surface area (Å²) in [7, 11) is 0. The monoisotopic (exact) mass is 475 g/mol. The first-order chi connectivity index (χ1) is 17.1. The minimum atomic E-state index is 0.0313. The van der Waals surface area contributed by atoms with Crippen molar-refractivity contribution in [3.05, 3.63) is 53.2 Å². The molecule has 9 heteroatoms. The molecule has 2 aromatic heterocycles. The Labute approximate surface area is 205 Å². The third-order valence-corrected chi connectivity index (χ3v) is 7.05. The number of benzene rings is 1. The molecule has 0 radical (unpaired) electrons. The molecule has 2 aliphatic heterocycles. The van der Waals surface area contributed by atoms with Crippen LogP contribution in [0.4, 0.5) is 5.82 Å². The van der Waals surface area contributed by atoms with Gasteiger partial charge in [0.1, 0.15) is 0 Å². The first-order valence-corrected chi connectivity index (χ1v) is 12.5. The minimum absolute atomic E-state index is 0.0313. The Morgan fingerprint density at radius 1 is 1.11 bits per heavy atom. The second-order valence-corrected chi connectivity index (χ2v) is 9.45. The van der Waals surface area contributed by atoms with Crippen LogP contribution in [0, 0.1) is 0 Å². The number of nitrogens with zero attached hydrogens (tertiary/aromatic N) is 4. The van der Waals surface area contributed by atoms with Crippen LogP contribution in [0.1, 0.15) is 41.3 Å². The number of aryl methyl sites for hydroxylation is 2. The zero-order valence-corrected chi connectivity index (χ0v) is 20.2. The van der Waals surface area contributed by atoms with Crippen molar-refractivity contribution in [2.45, 2.75) is 38.6 Å². The molecular weight excluding hydrogens is 442 g/mol. The van der Waals surface area contributed by atoms with Gasteiger partial charge in [-0.05, 0) is 61.6 Å². The van der Waals surface area contributed by atoms with Crippen molar-refractivity contribution in [2.75, 3.05) is 44.6 Å². The molecular formula is C26H33N7O2. The molecule has 35 heavy (non-hydrogen) atoms. The molecule has 2 aliphatic rings. The molecule has 3 aromatic rings. The van der Waals surface area contributed by atoms with Crippen LogP contribution in [0.2, 0.25) is 0 Å². The molecule has 0 aliphatic carbocycles. The number of H-pyrrole nitrogens is 1. The zero-order chi connectivity index (χ0) is 24.2. The van der Waals surface area contributed by atoms with Crippen molar-refractivity contribution < 1.29 is 9.59 Å².